The van der Waals surface area contributed by atoms with Crippen molar-refractivity contribution in [2.24, 2.45) is 0 Å². The van der Waals surface area contributed by atoms with E-state index in [0.717, 1.165) is 72.9 Å². The van der Waals surface area contributed by atoms with E-state index in [4.69, 9.17) is 9.72 Å². The number of halogens is 2. The van der Waals surface area contributed by atoms with Crippen molar-refractivity contribution in [3.05, 3.63) is 53.5 Å². The second-order valence-electron chi connectivity index (χ2n) is 8.24. The smallest absolute Gasteiger partial charge is 0.148 e. The second-order valence-corrected chi connectivity index (χ2v) is 8.24. The van der Waals surface area contributed by atoms with Crippen LogP contribution in [0.2, 0.25) is 0 Å². The summed E-state index contributed by atoms with van der Waals surface area (Å²) in [5.41, 5.74) is 5.93. The average Bonchev–Trinajstić information content (AvgIpc) is 3.20. The molecular formula is C24H28ClFN4O. The number of likely N-dealkylation sites (N-methyl/N-ethyl adjacent to an activating group) is 1. The van der Waals surface area contributed by atoms with Gasteiger partial charge in [0.05, 0.1) is 24.0 Å². The van der Waals surface area contributed by atoms with Gasteiger partial charge >= 0.3 is 0 Å². The molecule has 0 radical (unpaired) electrons. The molecular weight excluding hydrogens is 415 g/mol. The monoisotopic (exact) mass is 442 g/mol. The molecule has 0 saturated carbocycles. The Bertz CT molecular complexity index is 1110. The zero-order valence-corrected chi connectivity index (χ0v) is 19.0. The van der Waals surface area contributed by atoms with Crippen LogP contribution >= 0.6 is 12.4 Å². The highest BCUT2D eigenvalue weighted by Gasteiger charge is 2.27. The Morgan fingerprint density at radius 3 is 2.48 bits per heavy atom. The van der Waals surface area contributed by atoms with Crippen LogP contribution in [0.4, 0.5) is 21.5 Å². The summed E-state index contributed by atoms with van der Waals surface area (Å²) in [5.74, 6) is 0.650. The quantitative estimate of drug-likeness (QED) is 0.593. The Kier molecular flexibility index (Phi) is 5.95. The number of anilines is 3. The summed E-state index contributed by atoms with van der Waals surface area (Å²) in [6.45, 7) is 6.51. The van der Waals surface area contributed by atoms with Crippen molar-refractivity contribution < 1.29 is 9.13 Å². The molecule has 0 aliphatic carbocycles. The van der Waals surface area contributed by atoms with Crippen molar-refractivity contribution in [2.75, 3.05) is 56.7 Å². The number of piperazine rings is 1. The van der Waals surface area contributed by atoms with Crippen molar-refractivity contribution in [3.63, 3.8) is 0 Å². The van der Waals surface area contributed by atoms with E-state index in [1.165, 1.54) is 5.56 Å². The van der Waals surface area contributed by atoms with E-state index in [1.54, 1.807) is 13.2 Å². The maximum Gasteiger partial charge on any atom is 0.148 e. The number of hydrogen-bond donors (Lipinski definition) is 0. The second kappa shape index (κ2) is 8.52. The molecule has 5 nitrogen and oxygen atoms in total. The lowest BCUT2D eigenvalue weighted by atomic mass is 10.1. The topological polar surface area (TPSA) is 31.8 Å². The van der Waals surface area contributed by atoms with Gasteiger partial charge in [0.2, 0.25) is 0 Å². The summed E-state index contributed by atoms with van der Waals surface area (Å²) in [6.07, 6.45) is 0.906. The summed E-state index contributed by atoms with van der Waals surface area (Å²) in [4.78, 5) is 11.4. The van der Waals surface area contributed by atoms with Crippen LogP contribution in [0.15, 0.2) is 36.4 Å². The van der Waals surface area contributed by atoms with Crippen LogP contribution < -0.4 is 14.5 Å². The molecule has 164 valence electrons. The first-order valence-electron chi connectivity index (χ1n) is 10.5. The minimum atomic E-state index is -0.154. The summed E-state index contributed by atoms with van der Waals surface area (Å²) in [6, 6.07) is 11.6. The molecule has 2 aliphatic heterocycles. The predicted molar refractivity (Wildman–Crippen MR) is 127 cm³/mol. The van der Waals surface area contributed by atoms with Crippen molar-refractivity contribution in [3.8, 4) is 5.75 Å². The van der Waals surface area contributed by atoms with E-state index < -0.39 is 0 Å². The van der Waals surface area contributed by atoms with Crippen molar-refractivity contribution in [2.45, 2.75) is 13.3 Å². The number of methoxy groups -OCH3 is 1. The standard InChI is InChI=1S/C24H27FN4O.ClH/c1-16-19-8-9-29(24(19)20-15-18(30-3)5-6-22(20)26-16)17-4-7-23(21(25)14-17)28-12-10-27(2)11-13-28;/h4-7,14-15H,8-13H2,1-3H3;1H. The molecule has 0 unspecified atom stereocenters. The number of rotatable bonds is 3. The molecule has 7 heteroatoms. The van der Waals surface area contributed by atoms with Crippen LogP contribution in [0.1, 0.15) is 11.3 Å². The third kappa shape index (κ3) is 3.79. The molecule has 31 heavy (non-hydrogen) atoms. The number of ether oxygens (including phenoxy) is 1. The van der Waals surface area contributed by atoms with Gasteiger partial charge in [0.15, 0.2) is 0 Å². The van der Waals surface area contributed by atoms with Gasteiger partial charge in [-0.25, -0.2) is 4.39 Å². The van der Waals surface area contributed by atoms with Crippen molar-refractivity contribution in [1.82, 2.24) is 9.88 Å². The van der Waals surface area contributed by atoms with Crippen molar-refractivity contribution in [1.29, 1.82) is 0 Å². The largest absolute Gasteiger partial charge is 0.497 e. The van der Waals surface area contributed by atoms with Crippen LogP contribution in [0, 0.1) is 12.7 Å². The van der Waals surface area contributed by atoms with E-state index >= 15 is 4.39 Å². The summed E-state index contributed by atoms with van der Waals surface area (Å²) in [7, 11) is 3.78. The normalized spacial score (nSPS) is 16.4. The van der Waals surface area contributed by atoms with Gasteiger partial charge in [-0.3, -0.25) is 4.98 Å². The molecule has 3 heterocycles. The molecule has 3 aromatic rings. The van der Waals surface area contributed by atoms with E-state index in [2.05, 4.69) is 28.7 Å². The number of aromatic nitrogens is 1. The van der Waals surface area contributed by atoms with E-state index in [0.29, 0.717) is 5.69 Å². The predicted octanol–water partition coefficient (Wildman–Crippen LogP) is 4.56. The molecule has 1 saturated heterocycles. The minimum absolute atomic E-state index is 0. The third-order valence-electron chi connectivity index (χ3n) is 6.41. The van der Waals surface area contributed by atoms with Gasteiger partial charge in [0, 0.05) is 49.5 Å². The van der Waals surface area contributed by atoms with Gasteiger partial charge in [-0.2, -0.15) is 0 Å². The van der Waals surface area contributed by atoms with Gasteiger partial charge in [-0.1, -0.05) is 0 Å². The Balaban J connectivity index is 0.00000231. The SMILES string of the molecule is COc1ccc2nc(C)c3c(c2c1)N(c1ccc(N2CCN(C)CC2)c(F)c1)CC3.Cl. The van der Waals surface area contributed by atoms with Crippen molar-refractivity contribution >= 4 is 40.4 Å². The number of hydrogen-bond acceptors (Lipinski definition) is 5. The first-order valence-corrected chi connectivity index (χ1v) is 10.5. The fourth-order valence-electron chi connectivity index (χ4n) is 4.68. The summed E-state index contributed by atoms with van der Waals surface area (Å²) < 4.78 is 20.6. The van der Waals surface area contributed by atoms with Crippen LogP contribution in [0.3, 0.4) is 0 Å². The Morgan fingerprint density at radius 1 is 1.00 bits per heavy atom. The van der Waals surface area contributed by atoms with Crippen LogP contribution in [0.5, 0.6) is 5.75 Å². The molecule has 2 aromatic carbocycles. The number of nitrogens with zero attached hydrogens (tertiary/aromatic N) is 4. The Labute approximate surface area is 188 Å². The third-order valence-corrected chi connectivity index (χ3v) is 6.41. The number of fused-ring (bicyclic) bond motifs is 3. The molecule has 1 aromatic heterocycles. The minimum Gasteiger partial charge on any atom is -0.497 e. The highest BCUT2D eigenvalue weighted by Crippen LogP contribution is 2.42. The van der Waals surface area contributed by atoms with Gasteiger partial charge in [-0.15, -0.1) is 12.4 Å². The first kappa shape index (κ1) is 21.7. The molecule has 0 spiro atoms. The van der Waals surface area contributed by atoms with E-state index in [1.807, 2.05) is 30.3 Å². The highest BCUT2D eigenvalue weighted by molar-refractivity contribution is 5.98. The van der Waals surface area contributed by atoms with Gasteiger partial charge in [-0.05, 0) is 62.4 Å². The lowest BCUT2D eigenvalue weighted by molar-refractivity contribution is 0.311. The number of pyridine rings is 1. The van der Waals surface area contributed by atoms with Gasteiger partial charge in [0.1, 0.15) is 11.6 Å². The maximum atomic E-state index is 15.2. The molecule has 1 fully saturated rings. The summed E-state index contributed by atoms with van der Waals surface area (Å²) >= 11 is 0. The lowest BCUT2D eigenvalue weighted by Crippen LogP contribution is -2.44. The fraction of sp³-hybridized carbons (Fsp3) is 0.375. The molecule has 5 rings (SSSR count). The van der Waals surface area contributed by atoms with Gasteiger partial charge in [0.25, 0.3) is 0 Å². The molecule has 0 amide bonds. The highest BCUT2D eigenvalue weighted by atomic mass is 35.5. The zero-order valence-electron chi connectivity index (χ0n) is 18.2. The van der Waals surface area contributed by atoms with E-state index in [-0.39, 0.29) is 18.2 Å². The Morgan fingerprint density at radius 2 is 1.77 bits per heavy atom. The lowest BCUT2D eigenvalue weighted by Gasteiger charge is -2.34. The summed E-state index contributed by atoms with van der Waals surface area (Å²) in [5, 5.41) is 1.05. The Hall–Kier alpha value is -2.57. The number of benzene rings is 2. The van der Waals surface area contributed by atoms with Crippen LogP contribution in [-0.4, -0.2) is 56.8 Å². The number of aryl methyl sites for hydroxylation is 1. The molecule has 0 bridgehead atoms. The van der Waals surface area contributed by atoms with Gasteiger partial charge < -0.3 is 19.4 Å². The molecule has 0 N–H and O–H groups in total. The van der Waals surface area contributed by atoms with Crippen LogP contribution in [0.25, 0.3) is 10.9 Å². The van der Waals surface area contributed by atoms with E-state index in [9.17, 15) is 0 Å². The fourth-order valence-corrected chi connectivity index (χ4v) is 4.68. The zero-order chi connectivity index (χ0) is 20.8. The van der Waals surface area contributed by atoms with Crippen LogP contribution in [-0.2, 0) is 6.42 Å². The first-order chi connectivity index (χ1) is 14.5. The molecule has 2 aliphatic rings. The maximum absolute atomic E-state index is 15.2. The molecule has 0 atom stereocenters. The average molecular weight is 443 g/mol.